The third kappa shape index (κ3) is 3.05. The fourth-order valence-electron chi connectivity index (χ4n) is 2.44. The number of fused-ring (bicyclic) bond motifs is 1. The van der Waals surface area contributed by atoms with Crippen molar-refractivity contribution in [3.63, 3.8) is 0 Å². The molecule has 2 aromatic carbocycles. The predicted octanol–water partition coefficient (Wildman–Crippen LogP) is 3.54. The lowest BCUT2D eigenvalue weighted by Gasteiger charge is -2.17. The van der Waals surface area contributed by atoms with Gasteiger partial charge in [-0.05, 0) is 41.3 Å². The highest BCUT2D eigenvalue weighted by molar-refractivity contribution is 5.98. The minimum absolute atomic E-state index is 0.125. The van der Waals surface area contributed by atoms with Crippen molar-refractivity contribution >= 4 is 5.91 Å². The number of carbonyl (C=O) groups excluding carboxylic acids is 1. The van der Waals surface area contributed by atoms with Crippen LogP contribution >= 0.6 is 0 Å². The lowest BCUT2D eigenvalue weighted by molar-refractivity contribution is -0.274. The van der Waals surface area contributed by atoms with Gasteiger partial charge < -0.3 is 10.1 Å². The molecular weight excluding hydrogens is 295 g/mol. The van der Waals surface area contributed by atoms with Crippen LogP contribution in [0.1, 0.15) is 15.9 Å². The zero-order valence-corrected chi connectivity index (χ0v) is 11.4. The normalized spacial score (nSPS) is 14.2. The van der Waals surface area contributed by atoms with Gasteiger partial charge in [-0.3, -0.25) is 4.79 Å². The molecule has 3 nitrogen and oxygen atoms in total. The lowest BCUT2D eigenvalue weighted by Crippen LogP contribution is -2.31. The number of ether oxygens (including phenoxy) is 1. The van der Waals surface area contributed by atoms with Crippen molar-refractivity contribution in [2.24, 2.45) is 0 Å². The number of amides is 1. The van der Waals surface area contributed by atoms with Crippen LogP contribution in [0.5, 0.6) is 5.75 Å². The van der Waals surface area contributed by atoms with Crippen LogP contribution in [0.2, 0.25) is 0 Å². The monoisotopic (exact) mass is 307 g/mol. The van der Waals surface area contributed by atoms with Gasteiger partial charge >= 0.3 is 6.36 Å². The van der Waals surface area contributed by atoms with Crippen molar-refractivity contribution in [3.8, 4) is 16.9 Å². The predicted molar refractivity (Wildman–Crippen MR) is 74.6 cm³/mol. The van der Waals surface area contributed by atoms with Crippen molar-refractivity contribution in [2.45, 2.75) is 12.8 Å². The summed E-state index contributed by atoms with van der Waals surface area (Å²) in [6.45, 7) is 0.620. The SMILES string of the molecule is O=C1NCCc2ccc(-c3ccc(OC(F)(F)F)cc3)cc21. The number of hydrogen-bond donors (Lipinski definition) is 1. The van der Waals surface area contributed by atoms with Crippen LogP contribution in [-0.4, -0.2) is 18.8 Å². The fraction of sp³-hybridized carbons (Fsp3) is 0.188. The molecule has 0 atom stereocenters. The first-order chi connectivity index (χ1) is 10.4. The first-order valence-corrected chi connectivity index (χ1v) is 6.70. The number of nitrogens with one attached hydrogen (secondary N) is 1. The van der Waals surface area contributed by atoms with Gasteiger partial charge in [0.2, 0.25) is 0 Å². The molecule has 0 fully saturated rings. The molecule has 0 radical (unpaired) electrons. The van der Waals surface area contributed by atoms with E-state index >= 15 is 0 Å². The summed E-state index contributed by atoms with van der Waals surface area (Å²) in [6, 6.07) is 11.1. The highest BCUT2D eigenvalue weighted by Crippen LogP contribution is 2.28. The average Bonchev–Trinajstić information content (AvgIpc) is 2.47. The number of alkyl halides is 3. The Bertz CT molecular complexity index is 708. The van der Waals surface area contributed by atoms with E-state index in [9.17, 15) is 18.0 Å². The van der Waals surface area contributed by atoms with E-state index in [1.807, 2.05) is 12.1 Å². The third-order valence-electron chi connectivity index (χ3n) is 3.46. The summed E-state index contributed by atoms with van der Waals surface area (Å²) in [5, 5.41) is 2.77. The standard InChI is InChI=1S/C16H12F3NO2/c17-16(18,19)22-13-5-3-10(4-6-13)12-2-1-11-7-8-20-15(21)14(11)9-12/h1-6,9H,7-8H2,(H,20,21). The summed E-state index contributed by atoms with van der Waals surface area (Å²) in [4.78, 5) is 11.8. The van der Waals surface area contributed by atoms with Crippen molar-refractivity contribution in [1.29, 1.82) is 0 Å². The minimum atomic E-state index is -4.70. The maximum atomic E-state index is 12.1. The van der Waals surface area contributed by atoms with Crippen molar-refractivity contribution in [1.82, 2.24) is 5.32 Å². The van der Waals surface area contributed by atoms with Gasteiger partial charge in [-0.25, -0.2) is 0 Å². The van der Waals surface area contributed by atoms with E-state index < -0.39 is 6.36 Å². The second-order valence-electron chi connectivity index (χ2n) is 4.95. The maximum absolute atomic E-state index is 12.1. The van der Waals surface area contributed by atoms with Crippen molar-refractivity contribution in [3.05, 3.63) is 53.6 Å². The second-order valence-corrected chi connectivity index (χ2v) is 4.95. The Labute approximate surface area is 124 Å². The van der Waals surface area contributed by atoms with E-state index in [0.717, 1.165) is 23.1 Å². The van der Waals surface area contributed by atoms with Gasteiger partial charge in [0.25, 0.3) is 5.91 Å². The van der Waals surface area contributed by atoms with E-state index in [1.165, 1.54) is 24.3 Å². The molecule has 0 saturated carbocycles. The molecule has 0 saturated heterocycles. The molecule has 1 heterocycles. The van der Waals surface area contributed by atoms with E-state index in [1.54, 1.807) is 6.07 Å². The summed E-state index contributed by atoms with van der Waals surface area (Å²) in [5.41, 5.74) is 3.08. The Balaban J connectivity index is 1.88. The number of benzene rings is 2. The van der Waals surface area contributed by atoms with Gasteiger partial charge in [0.15, 0.2) is 0 Å². The molecule has 0 unspecified atom stereocenters. The molecule has 3 rings (SSSR count). The Kier molecular flexibility index (Phi) is 3.52. The number of hydrogen-bond acceptors (Lipinski definition) is 2. The van der Waals surface area contributed by atoms with Gasteiger partial charge in [-0.15, -0.1) is 13.2 Å². The maximum Gasteiger partial charge on any atom is 0.573 e. The fourth-order valence-corrected chi connectivity index (χ4v) is 2.44. The summed E-state index contributed by atoms with van der Waals surface area (Å²) in [5.74, 6) is -0.396. The molecular formula is C16H12F3NO2. The van der Waals surface area contributed by atoms with Crippen LogP contribution in [0.25, 0.3) is 11.1 Å². The molecule has 1 N–H and O–H groups in total. The summed E-state index contributed by atoms with van der Waals surface area (Å²) in [6.07, 6.45) is -3.93. The van der Waals surface area contributed by atoms with Gasteiger partial charge in [0, 0.05) is 12.1 Å². The van der Waals surface area contributed by atoms with Crippen LogP contribution < -0.4 is 10.1 Å². The third-order valence-corrected chi connectivity index (χ3v) is 3.46. The molecule has 1 aliphatic heterocycles. The smallest absolute Gasteiger partial charge is 0.406 e. The molecule has 114 valence electrons. The number of halogens is 3. The molecule has 0 spiro atoms. The number of carbonyl (C=O) groups is 1. The summed E-state index contributed by atoms with van der Waals surface area (Å²) >= 11 is 0. The number of rotatable bonds is 2. The largest absolute Gasteiger partial charge is 0.573 e. The van der Waals surface area contributed by atoms with Gasteiger partial charge in [0.05, 0.1) is 0 Å². The van der Waals surface area contributed by atoms with Crippen LogP contribution in [0.3, 0.4) is 0 Å². The molecule has 0 aliphatic carbocycles. The van der Waals surface area contributed by atoms with Crippen LogP contribution in [-0.2, 0) is 6.42 Å². The Morgan fingerprint density at radius 3 is 2.36 bits per heavy atom. The molecule has 6 heteroatoms. The Hall–Kier alpha value is -2.50. The average molecular weight is 307 g/mol. The second kappa shape index (κ2) is 5.36. The molecule has 1 aliphatic rings. The van der Waals surface area contributed by atoms with Gasteiger partial charge in [0.1, 0.15) is 5.75 Å². The van der Waals surface area contributed by atoms with Gasteiger partial charge in [-0.2, -0.15) is 0 Å². The lowest BCUT2D eigenvalue weighted by atomic mass is 9.95. The highest BCUT2D eigenvalue weighted by atomic mass is 19.4. The Morgan fingerprint density at radius 1 is 1.00 bits per heavy atom. The zero-order valence-electron chi connectivity index (χ0n) is 11.4. The molecule has 2 aromatic rings. The Morgan fingerprint density at radius 2 is 1.68 bits per heavy atom. The van der Waals surface area contributed by atoms with Crippen molar-refractivity contribution < 1.29 is 22.7 Å². The quantitative estimate of drug-likeness (QED) is 0.921. The molecule has 22 heavy (non-hydrogen) atoms. The summed E-state index contributed by atoms with van der Waals surface area (Å²) in [7, 11) is 0. The topological polar surface area (TPSA) is 38.3 Å². The highest BCUT2D eigenvalue weighted by Gasteiger charge is 2.31. The van der Waals surface area contributed by atoms with E-state index in [4.69, 9.17) is 0 Å². The van der Waals surface area contributed by atoms with Crippen molar-refractivity contribution in [2.75, 3.05) is 6.54 Å². The molecule has 0 bridgehead atoms. The van der Waals surface area contributed by atoms with Crippen LogP contribution in [0.4, 0.5) is 13.2 Å². The van der Waals surface area contributed by atoms with Gasteiger partial charge in [-0.1, -0.05) is 24.3 Å². The zero-order chi connectivity index (χ0) is 15.7. The van der Waals surface area contributed by atoms with E-state index in [-0.39, 0.29) is 11.7 Å². The van der Waals surface area contributed by atoms with Crippen LogP contribution in [0, 0.1) is 0 Å². The van der Waals surface area contributed by atoms with E-state index in [0.29, 0.717) is 12.1 Å². The van der Waals surface area contributed by atoms with E-state index in [2.05, 4.69) is 10.1 Å². The van der Waals surface area contributed by atoms with Crippen LogP contribution in [0.15, 0.2) is 42.5 Å². The molecule has 0 aromatic heterocycles. The summed E-state index contributed by atoms with van der Waals surface area (Å²) < 4.78 is 40.2. The first-order valence-electron chi connectivity index (χ1n) is 6.70. The first kappa shape index (κ1) is 14.4. The molecule has 1 amide bonds. The minimum Gasteiger partial charge on any atom is -0.406 e.